The van der Waals surface area contributed by atoms with E-state index in [4.69, 9.17) is 0 Å². The van der Waals surface area contributed by atoms with Gasteiger partial charge < -0.3 is 10.3 Å². The molecule has 0 amide bonds. The maximum Gasteiger partial charge on any atom is 0.205 e. The standard InChI is InChI=1S/C7H9N5S2/c1-8-6-12-11-5(14-6)4-13-7-9-2-3-10-7/h2-3H,4H2,1H3,(H,8,12)(H,9,10). The van der Waals surface area contributed by atoms with Crippen LogP contribution in [0.15, 0.2) is 17.6 Å². The van der Waals surface area contributed by atoms with Crippen LogP contribution >= 0.6 is 23.1 Å². The average Bonchev–Trinajstić information content (AvgIpc) is 2.86. The highest BCUT2D eigenvalue weighted by molar-refractivity contribution is 7.98. The van der Waals surface area contributed by atoms with Gasteiger partial charge >= 0.3 is 0 Å². The number of imidazole rings is 1. The smallest absolute Gasteiger partial charge is 0.205 e. The number of aromatic nitrogens is 4. The molecule has 14 heavy (non-hydrogen) atoms. The fourth-order valence-corrected chi connectivity index (χ4v) is 2.38. The van der Waals surface area contributed by atoms with Crippen molar-refractivity contribution in [1.29, 1.82) is 0 Å². The lowest BCUT2D eigenvalue weighted by molar-refractivity contribution is 1.03. The van der Waals surface area contributed by atoms with Crippen LogP contribution in [0.25, 0.3) is 0 Å². The predicted octanol–water partition coefficient (Wildman–Crippen LogP) is 1.60. The Balaban J connectivity index is 1.92. The molecule has 2 aromatic rings. The van der Waals surface area contributed by atoms with Crippen LogP contribution in [-0.2, 0) is 5.75 Å². The number of nitrogens with zero attached hydrogens (tertiary/aromatic N) is 3. The molecule has 0 aromatic carbocycles. The molecule has 0 aliphatic carbocycles. The van der Waals surface area contributed by atoms with Gasteiger partial charge in [-0.2, -0.15) is 0 Å². The first kappa shape index (κ1) is 9.47. The van der Waals surface area contributed by atoms with Crippen LogP contribution in [0.1, 0.15) is 5.01 Å². The van der Waals surface area contributed by atoms with Crippen molar-refractivity contribution in [3.05, 3.63) is 17.4 Å². The lowest BCUT2D eigenvalue weighted by Gasteiger charge is -1.91. The summed E-state index contributed by atoms with van der Waals surface area (Å²) in [4.78, 5) is 7.13. The van der Waals surface area contributed by atoms with Crippen LogP contribution in [0.2, 0.25) is 0 Å². The molecule has 0 fully saturated rings. The van der Waals surface area contributed by atoms with Gasteiger partial charge in [-0.3, -0.25) is 0 Å². The summed E-state index contributed by atoms with van der Waals surface area (Å²) in [5.41, 5.74) is 0. The highest BCUT2D eigenvalue weighted by atomic mass is 32.2. The van der Waals surface area contributed by atoms with Gasteiger partial charge in [-0.1, -0.05) is 23.1 Å². The minimum atomic E-state index is 0.798. The third-order valence-corrected chi connectivity index (χ3v) is 3.52. The van der Waals surface area contributed by atoms with Crippen LogP contribution in [0.4, 0.5) is 5.13 Å². The summed E-state index contributed by atoms with van der Waals surface area (Å²) in [7, 11) is 1.84. The zero-order valence-electron chi connectivity index (χ0n) is 7.52. The lowest BCUT2D eigenvalue weighted by atomic mass is 10.9. The van der Waals surface area contributed by atoms with E-state index in [1.54, 1.807) is 29.3 Å². The SMILES string of the molecule is CNc1nnc(CSc2ncc[nH]2)s1. The van der Waals surface area contributed by atoms with E-state index < -0.39 is 0 Å². The number of hydrogen-bond donors (Lipinski definition) is 2. The molecule has 2 heterocycles. The predicted molar refractivity (Wildman–Crippen MR) is 57.6 cm³/mol. The second kappa shape index (κ2) is 4.43. The Morgan fingerprint density at radius 1 is 1.57 bits per heavy atom. The summed E-state index contributed by atoms with van der Waals surface area (Å²) < 4.78 is 0. The molecule has 0 aliphatic heterocycles. The van der Waals surface area contributed by atoms with Gasteiger partial charge in [-0.15, -0.1) is 10.2 Å². The first-order valence-corrected chi connectivity index (χ1v) is 5.81. The van der Waals surface area contributed by atoms with Crippen LogP contribution in [0.5, 0.6) is 0 Å². The number of aromatic amines is 1. The molecule has 0 radical (unpaired) electrons. The van der Waals surface area contributed by atoms with Crippen molar-refractivity contribution < 1.29 is 0 Å². The number of anilines is 1. The quantitative estimate of drug-likeness (QED) is 0.776. The summed E-state index contributed by atoms with van der Waals surface area (Å²) >= 11 is 3.18. The molecule has 7 heteroatoms. The minimum absolute atomic E-state index is 0.798. The van der Waals surface area contributed by atoms with E-state index in [-0.39, 0.29) is 0 Å². The van der Waals surface area contributed by atoms with Crippen molar-refractivity contribution >= 4 is 28.2 Å². The molecule has 5 nitrogen and oxygen atoms in total. The molecule has 74 valence electrons. The summed E-state index contributed by atoms with van der Waals surface area (Å²) in [6, 6.07) is 0. The molecule has 0 aliphatic rings. The van der Waals surface area contributed by atoms with Crippen molar-refractivity contribution in [2.24, 2.45) is 0 Å². The normalized spacial score (nSPS) is 10.4. The topological polar surface area (TPSA) is 66.5 Å². The lowest BCUT2D eigenvalue weighted by Crippen LogP contribution is -1.84. The van der Waals surface area contributed by atoms with Crippen molar-refractivity contribution in [2.45, 2.75) is 10.9 Å². The highest BCUT2D eigenvalue weighted by Crippen LogP contribution is 2.22. The van der Waals surface area contributed by atoms with Crippen molar-refractivity contribution in [3.8, 4) is 0 Å². The monoisotopic (exact) mass is 227 g/mol. The number of H-pyrrole nitrogens is 1. The van der Waals surface area contributed by atoms with Gasteiger partial charge in [0.15, 0.2) is 5.16 Å². The highest BCUT2D eigenvalue weighted by Gasteiger charge is 2.03. The fourth-order valence-electron chi connectivity index (χ4n) is 0.873. The maximum absolute atomic E-state index is 4.11. The molecule has 2 N–H and O–H groups in total. The molecular weight excluding hydrogens is 218 g/mol. The van der Waals surface area contributed by atoms with Crippen LogP contribution in [0.3, 0.4) is 0 Å². The van der Waals surface area contributed by atoms with Crippen LogP contribution < -0.4 is 5.32 Å². The van der Waals surface area contributed by atoms with Crippen molar-refractivity contribution in [3.63, 3.8) is 0 Å². The molecule has 0 unspecified atom stereocenters. The second-order valence-electron chi connectivity index (χ2n) is 2.43. The molecule has 2 aromatic heterocycles. The molecule has 0 spiro atoms. The Morgan fingerprint density at radius 2 is 2.50 bits per heavy atom. The Labute approximate surface area is 89.4 Å². The Bertz CT molecular complexity index is 382. The van der Waals surface area contributed by atoms with Crippen molar-refractivity contribution in [1.82, 2.24) is 20.2 Å². The van der Waals surface area contributed by atoms with E-state index in [2.05, 4.69) is 25.5 Å². The molecular formula is C7H9N5S2. The van der Waals surface area contributed by atoms with E-state index >= 15 is 0 Å². The number of hydrogen-bond acceptors (Lipinski definition) is 6. The summed E-state index contributed by atoms with van der Waals surface area (Å²) in [5.74, 6) is 0.798. The van der Waals surface area contributed by atoms with Gasteiger partial charge in [-0.25, -0.2) is 4.98 Å². The molecule has 0 bridgehead atoms. The Kier molecular flexibility index (Phi) is 3.00. The van der Waals surface area contributed by atoms with Gasteiger partial charge in [-0.05, 0) is 0 Å². The van der Waals surface area contributed by atoms with Gasteiger partial charge in [0, 0.05) is 19.4 Å². The number of thioether (sulfide) groups is 1. The zero-order chi connectivity index (χ0) is 9.80. The van der Waals surface area contributed by atoms with Gasteiger partial charge in [0.05, 0.1) is 5.75 Å². The molecule has 0 atom stereocenters. The number of rotatable bonds is 4. The molecule has 2 rings (SSSR count). The average molecular weight is 227 g/mol. The van der Waals surface area contributed by atoms with E-state index in [1.807, 2.05) is 13.2 Å². The van der Waals surface area contributed by atoms with Crippen LogP contribution in [0, 0.1) is 0 Å². The summed E-state index contributed by atoms with van der Waals surface area (Å²) in [5, 5.41) is 13.7. The van der Waals surface area contributed by atoms with Gasteiger partial charge in [0.25, 0.3) is 0 Å². The second-order valence-corrected chi connectivity index (χ2v) is 4.46. The third kappa shape index (κ3) is 2.24. The first-order chi connectivity index (χ1) is 6.88. The van der Waals surface area contributed by atoms with E-state index in [0.29, 0.717) is 0 Å². The first-order valence-electron chi connectivity index (χ1n) is 4.01. The van der Waals surface area contributed by atoms with E-state index in [9.17, 15) is 0 Å². The molecule has 0 saturated heterocycles. The van der Waals surface area contributed by atoms with E-state index in [0.717, 1.165) is 21.0 Å². The fraction of sp³-hybridized carbons (Fsp3) is 0.286. The zero-order valence-corrected chi connectivity index (χ0v) is 9.15. The minimum Gasteiger partial charge on any atom is -0.363 e. The van der Waals surface area contributed by atoms with Gasteiger partial charge in [0.1, 0.15) is 5.01 Å². The summed E-state index contributed by atoms with van der Waals surface area (Å²) in [6.07, 6.45) is 3.54. The largest absolute Gasteiger partial charge is 0.363 e. The maximum atomic E-state index is 4.11. The Morgan fingerprint density at radius 3 is 3.14 bits per heavy atom. The number of nitrogens with one attached hydrogen (secondary N) is 2. The van der Waals surface area contributed by atoms with E-state index in [1.165, 1.54) is 0 Å². The van der Waals surface area contributed by atoms with Crippen LogP contribution in [-0.4, -0.2) is 27.2 Å². The Hall–Kier alpha value is -1.08. The third-order valence-electron chi connectivity index (χ3n) is 1.49. The van der Waals surface area contributed by atoms with Gasteiger partial charge in [0.2, 0.25) is 5.13 Å². The van der Waals surface area contributed by atoms with Crippen molar-refractivity contribution in [2.75, 3.05) is 12.4 Å². The molecule has 0 saturated carbocycles. The summed E-state index contributed by atoms with van der Waals surface area (Å²) in [6.45, 7) is 0.